The minimum atomic E-state index is -0.499. The Morgan fingerprint density at radius 2 is 1.84 bits per heavy atom. The molecule has 1 aromatic rings. The maximum absolute atomic E-state index is 11.8. The fraction of sp³-hybridized carbons (Fsp3) is 0.765. The monoisotopic (exact) mass is 352 g/mol. The van der Waals surface area contributed by atoms with E-state index >= 15 is 0 Å². The van der Waals surface area contributed by atoms with Gasteiger partial charge in [0.15, 0.2) is 5.69 Å². The van der Waals surface area contributed by atoms with Gasteiger partial charge >= 0.3 is 12.1 Å². The van der Waals surface area contributed by atoms with Crippen molar-refractivity contribution in [3.63, 3.8) is 0 Å². The van der Waals surface area contributed by atoms with Gasteiger partial charge in [-0.25, -0.2) is 9.59 Å². The first-order valence-corrected chi connectivity index (χ1v) is 8.79. The van der Waals surface area contributed by atoms with Gasteiger partial charge in [0.2, 0.25) is 0 Å². The summed E-state index contributed by atoms with van der Waals surface area (Å²) in [5.74, 6) is -0.438. The van der Waals surface area contributed by atoms with E-state index in [9.17, 15) is 9.59 Å². The average molecular weight is 352 g/mol. The van der Waals surface area contributed by atoms with Crippen molar-refractivity contribution >= 4 is 12.1 Å². The van der Waals surface area contributed by atoms with Gasteiger partial charge in [-0.05, 0) is 60.3 Å². The van der Waals surface area contributed by atoms with Gasteiger partial charge < -0.3 is 14.8 Å². The van der Waals surface area contributed by atoms with E-state index in [2.05, 4.69) is 15.5 Å². The van der Waals surface area contributed by atoms with Gasteiger partial charge in [0.25, 0.3) is 0 Å². The predicted octanol–water partition coefficient (Wildman–Crippen LogP) is 2.77. The molecular weight excluding hydrogens is 324 g/mol. The molecule has 1 saturated carbocycles. The highest BCUT2D eigenvalue weighted by molar-refractivity contribution is 5.88. The van der Waals surface area contributed by atoms with Crippen LogP contribution >= 0.6 is 0 Å². The summed E-state index contributed by atoms with van der Waals surface area (Å²) in [6.07, 6.45) is 2.92. The number of carbonyl (C=O) groups excluding carboxylic acids is 2. The molecule has 8 nitrogen and oxygen atoms in total. The maximum Gasteiger partial charge on any atom is 0.407 e. The zero-order valence-corrected chi connectivity index (χ0v) is 15.7. The van der Waals surface area contributed by atoms with Crippen LogP contribution in [0.4, 0.5) is 4.79 Å². The Bertz CT molecular complexity index is 613. The van der Waals surface area contributed by atoms with Crippen LogP contribution in [-0.2, 0) is 9.47 Å². The van der Waals surface area contributed by atoms with Crippen molar-refractivity contribution in [2.75, 3.05) is 6.61 Å². The standard InChI is InChI=1S/C17H28N4O4/c1-6-24-15(22)14-11(2)19-21(20-14)13-9-7-12(8-10-13)18-16(23)25-17(3,4)5/h12-13H,6-10H2,1-5H3,(H,18,23). The zero-order chi connectivity index (χ0) is 18.6. The van der Waals surface area contributed by atoms with Gasteiger partial charge in [-0.3, -0.25) is 0 Å². The van der Waals surface area contributed by atoms with Crippen LogP contribution in [0.2, 0.25) is 0 Å². The van der Waals surface area contributed by atoms with E-state index in [0.29, 0.717) is 12.3 Å². The summed E-state index contributed by atoms with van der Waals surface area (Å²) >= 11 is 0. The summed E-state index contributed by atoms with van der Waals surface area (Å²) < 4.78 is 10.3. The predicted molar refractivity (Wildman–Crippen MR) is 91.4 cm³/mol. The molecule has 0 unspecified atom stereocenters. The van der Waals surface area contributed by atoms with Crippen molar-refractivity contribution in [1.82, 2.24) is 20.3 Å². The van der Waals surface area contributed by atoms with Gasteiger partial charge in [-0.15, -0.1) is 5.10 Å². The minimum absolute atomic E-state index is 0.0901. The summed E-state index contributed by atoms with van der Waals surface area (Å²) in [6.45, 7) is 9.36. The third kappa shape index (κ3) is 5.44. The number of aromatic nitrogens is 3. The lowest BCUT2D eigenvalue weighted by molar-refractivity contribution is 0.0480. The van der Waals surface area contributed by atoms with E-state index in [1.54, 1.807) is 18.6 Å². The number of carbonyl (C=O) groups is 2. The first-order valence-electron chi connectivity index (χ1n) is 8.79. The summed E-state index contributed by atoms with van der Waals surface area (Å²) in [4.78, 5) is 25.3. The molecule has 0 bridgehead atoms. The van der Waals surface area contributed by atoms with Crippen LogP contribution in [0.5, 0.6) is 0 Å². The Kier molecular flexibility index (Phi) is 6.02. The number of hydrogen-bond donors (Lipinski definition) is 1. The first-order chi connectivity index (χ1) is 11.7. The fourth-order valence-corrected chi connectivity index (χ4v) is 2.87. The molecular formula is C17H28N4O4. The van der Waals surface area contributed by atoms with Crippen LogP contribution in [0, 0.1) is 6.92 Å². The summed E-state index contributed by atoms with van der Waals surface area (Å²) in [7, 11) is 0. The Balaban J connectivity index is 1.89. The van der Waals surface area contributed by atoms with Gasteiger partial charge in [-0.2, -0.15) is 9.90 Å². The lowest BCUT2D eigenvalue weighted by atomic mass is 9.91. The number of hydrogen-bond acceptors (Lipinski definition) is 6. The molecule has 0 aromatic carbocycles. The second-order valence-electron chi connectivity index (χ2n) is 7.33. The van der Waals surface area contributed by atoms with Crippen molar-refractivity contribution < 1.29 is 19.1 Å². The molecule has 0 atom stereocenters. The molecule has 8 heteroatoms. The van der Waals surface area contributed by atoms with Gasteiger partial charge in [-0.1, -0.05) is 0 Å². The Morgan fingerprint density at radius 1 is 1.20 bits per heavy atom. The number of ether oxygens (including phenoxy) is 2. The molecule has 1 aliphatic carbocycles. The summed E-state index contributed by atoms with van der Waals surface area (Å²) in [5.41, 5.74) is 0.352. The third-order valence-electron chi connectivity index (χ3n) is 4.01. The van der Waals surface area contributed by atoms with Crippen molar-refractivity contribution in [1.29, 1.82) is 0 Å². The molecule has 1 aromatic heterocycles. The molecule has 2 rings (SSSR count). The van der Waals surface area contributed by atoms with Crippen molar-refractivity contribution in [3.05, 3.63) is 11.4 Å². The number of rotatable bonds is 4. The van der Waals surface area contributed by atoms with Gasteiger partial charge in [0.1, 0.15) is 5.60 Å². The van der Waals surface area contributed by atoms with Crippen LogP contribution in [0.25, 0.3) is 0 Å². The minimum Gasteiger partial charge on any atom is -0.461 e. The van der Waals surface area contributed by atoms with E-state index in [1.165, 1.54) is 0 Å². The first kappa shape index (κ1) is 19.2. The van der Waals surface area contributed by atoms with Crippen molar-refractivity contribution in [2.24, 2.45) is 0 Å². The smallest absolute Gasteiger partial charge is 0.407 e. The van der Waals surface area contributed by atoms with Crippen LogP contribution in [-0.4, -0.2) is 45.3 Å². The van der Waals surface area contributed by atoms with E-state index in [0.717, 1.165) is 25.7 Å². The maximum atomic E-state index is 11.8. The van der Waals surface area contributed by atoms with Crippen molar-refractivity contribution in [2.45, 2.75) is 78.0 Å². The van der Waals surface area contributed by atoms with Crippen LogP contribution in [0.15, 0.2) is 0 Å². The third-order valence-corrected chi connectivity index (χ3v) is 4.01. The molecule has 1 amide bonds. The van der Waals surface area contributed by atoms with E-state index in [1.807, 2.05) is 20.8 Å². The summed E-state index contributed by atoms with van der Waals surface area (Å²) in [5, 5.41) is 11.6. The molecule has 1 fully saturated rings. The largest absolute Gasteiger partial charge is 0.461 e. The molecule has 1 N–H and O–H groups in total. The zero-order valence-electron chi connectivity index (χ0n) is 15.7. The Hall–Kier alpha value is -2.12. The van der Waals surface area contributed by atoms with E-state index in [-0.39, 0.29) is 23.9 Å². The van der Waals surface area contributed by atoms with Crippen LogP contribution in [0.3, 0.4) is 0 Å². The quantitative estimate of drug-likeness (QED) is 0.837. The fourth-order valence-electron chi connectivity index (χ4n) is 2.87. The number of amides is 1. The SMILES string of the molecule is CCOC(=O)c1nn(C2CCC(NC(=O)OC(C)(C)C)CC2)nc1C. The number of alkyl carbamates (subject to hydrolysis) is 1. The molecule has 1 heterocycles. The highest BCUT2D eigenvalue weighted by Gasteiger charge is 2.28. The average Bonchev–Trinajstić information content (AvgIpc) is 2.88. The van der Waals surface area contributed by atoms with Crippen LogP contribution in [0.1, 0.15) is 75.6 Å². The molecule has 0 radical (unpaired) electrons. The van der Waals surface area contributed by atoms with Crippen LogP contribution < -0.4 is 5.32 Å². The van der Waals surface area contributed by atoms with E-state index in [4.69, 9.17) is 9.47 Å². The van der Waals surface area contributed by atoms with Crippen molar-refractivity contribution in [3.8, 4) is 0 Å². The molecule has 0 spiro atoms. The lowest BCUT2D eigenvalue weighted by Gasteiger charge is -2.29. The highest BCUT2D eigenvalue weighted by atomic mass is 16.6. The molecule has 0 aliphatic heterocycles. The van der Waals surface area contributed by atoms with Gasteiger partial charge in [0.05, 0.1) is 18.3 Å². The highest BCUT2D eigenvalue weighted by Crippen LogP contribution is 2.28. The van der Waals surface area contributed by atoms with E-state index < -0.39 is 11.6 Å². The second-order valence-corrected chi connectivity index (χ2v) is 7.33. The second kappa shape index (κ2) is 7.84. The molecule has 1 aliphatic rings. The van der Waals surface area contributed by atoms with Gasteiger partial charge in [0, 0.05) is 6.04 Å². The number of aryl methyl sites for hydroxylation is 1. The summed E-state index contributed by atoms with van der Waals surface area (Å²) in [6, 6.07) is 0.214. The molecule has 25 heavy (non-hydrogen) atoms. The Labute approximate surface area is 148 Å². The normalized spacial score (nSPS) is 20.8. The number of nitrogens with zero attached hydrogens (tertiary/aromatic N) is 3. The Morgan fingerprint density at radius 3 is 2.40 bits per heavy atom. The number of esters is 1. The number of nitrogens with one attached hydrogen (secondary N) is 1. The molecule has 0 saturated heterocycles. The lowest BCUT2D eigenvalue weighted by Crippen LogP contribution is -2.41. The molecule has 140 valence electrons. The topological polar surface area (TPSA) is 95.3 Å².